The van der Waals surface area contributed by atoms with Crippen LogP contribution in [0.15, 0.2) is 41.1 Å². The van der Waals surface area contributed by atoms with Crippen molar-refractivity contribution in [3.8, 4) is 0 Å². The van der Waals surface area contributed by atoms with Crippen molar-refractivity contribution >= 4 is 33.2 Å². The number of halogens is 1. The van der Waals surface area contributed by atoms with Gasteiger partial charge < -0.3 is 10.6 Å². The molecule has 1 unspecified atom stereocenters. The second kappa shape index (κ2) is 4.90. The predicted molar refractivity (Wildman–Crippen MR) is 82.6 cm³/mol. The summed E-state index contributed by atoms with van der Waals surface area (Å²) >= 11 is 3.43. The number of anilines is 2. The minimum Gasteiger partial charge on any atom is -0.398 e. The molecule has 0 spiro atoms. The van der Waals surface area contributed by atoms with Crippen LogP contribution in [0.5, 0.6) is 0 Å². The first-order valence-electron chi connectivity index (χ1n) is 6.33. The predicted octanol–water partition coefficient (Wildman–Crippen LogP) is 2.73. The number of fused-ring (bicyclic) bond motifs is 1. The average Bonchev–Trinajstić information content (AvgIpc) is 2.66. The molecule has 1 aliphatic heterocycles. The minimum atomic E-state index is -0.170. The van der Waals surface area contributed by atoms with Gasteiger partial charge in [0.1, 0.15) is 0 Å². The molecule has 0 aliphatic carbocycles. The summed E-state index contributed by atoms with van der Waals surface area (Å²) < 4.78 is 0.829. The van der Waals surface area contributed by atoms with Crippen molar-refractivity contribution in [2.45, 2.75) is 12.3 Å². The fraction of sp³-hybridized carbons (Fsp3) is 0.200. The number of likely N-dealkylation sites (N-methyl/N-ethyl adjacent to an activating group) is 1. The van der Waals surface area contributed by atoms with Crippen molar-refractivity contribution in [2.75, 3.05) is 17.7 Å². The summed E-state index contributed by atoms with van der Waals surface area (Å²) in [6, 6.07) is 7.68. The summed E-state index contributed by atoms with van der Waals surface area (Å²) in [5.41, 5.74) is 9.51. The number of benzene rings is 1. The van der Waals surface area contributed by atoms with Gasteiger partial charge in [0, 0.05) is 35.3 Å². The molecule has 1 aromatic carbocycles. The number of hydrogen-bond donors (Lipinski definition) is 1. The van der Waals surface area contributed by atoms with Gasteiger partial charge in [0.15, 0.2) is 0 Å². The van der Waals surface area contributed by atoms with E-state index in [1.165, 1.54) is 0 Å². The molecule has 102 valence electrons. The number of nitrogen functional groups attached to an aromatic ring is 1. The molecule has 2 aromatic rings. The van der Waals surface area contributed by atoms with Gasteiger partial charge in [-0.25, -0.2) is 0 Å². The van der Waals surface area contributed by atoms with Gasteiger partial charge in [0.05, 0.1) is 5.92 Å². The number of pyridine rings is 1. The molecule has 2 heterocycles. The van der Waals surface area contributed by atoms with Gasteiger partial charge in [-0.2, -0.15) is 0 Å². The van der Waals surface area contributed by atoms with Gasteiger partial charge in [-0.05, 0) is 51.7 Å². The van der Waals surface area contributed by atoms with E-state index in [1.807, 2.05) is 24.3 Å². The number of nitrogens with zero attached hydrogens (tertiary/aromatic N) is 2. The van der Waals surface area contributed by atoms with Crippen LogP contribution in [-0.2, 0) is 11.2 Å². The highest BCUT2D eigenvalue weighted by atomic mass is 79.9. The van der Waals surface area contributed by atoms with Gasteiger partial charge in [0.2, 0.25) is 5.91 Å². The first-order valence-corrected chi connectivity index (χ1v) is 7.12. The Morgan fingerprint density at radius 1 is 1.45 bits per heavy atom. The van der Waals surface area contributed by atoms with Crippen LogP contribution in [0.4, 0.5) is 11.4 Å². The molecule has 0 saturated carbocycles. The first-order chi connectivity index (χ1) is 9.58. The van der Waals surface area contributed by atoms with E-state index in [4.69, 9.17) is 5.73 Å². The monoisotopic (exact) mass is 331 g/mol. The highest BCUT2D eigenvalue weighted by Crippen LogP contribution is 2.41. The van der Waals surface area contributed by atoms with Crippen molar-refractivity contribution in [1.82, 2.24) is 4.98 Å². The zero-order valence-corrected chi connectivity index (χ0v) is 12.6. The number of aromatic nitrogens is 1. The van der Waals surface area contributed by atoms with Crippen molar-refractivity contribution in [3.05, 3.63) is 52.3 Å². The standard InChI is InChI=1S/C15H14BrN3O/c1-19-14-7-13(17)12(16)6-10(14)11(15(19)20)5-9-3-2-4-18-8-9/h2-4,6-8,11H,5,17H2,1H3. The maximum atomic E-state index is 12.4. The third kappa shape index (κ3) is 2.08. The van der Waals surface area contributed by atoms with Crippen LogP contribution in [0.3, 0.4) is 0 Å². The van der Waals surface area contributed by atoms with Gasteiger partial charge >= 0.3 is 0 Å². The molecule has 0 radical (unpaired) electrons. The van der Waals surface area contributed by atoms with E-state index >= 15 is 0 Å². The molecule has 5 heteroatoms. The number of nitrogens with two attached hydrogens (primary N) is 1. The van der Waals surface area contributed by atoms with E-state index in [9.17, 15) is 4.79 Å². The van der Waals surface area contributed by atoms with Gasteiger partial charge in [-0.1, -0.05) is 6.07 Å². The lowest BCUT2D eigenvalue weighted by Gasteiger charge is -2.11. The molecular weight excluding hydrogens is 318 g/mol. The topological polar surface area (TPSA) is 59.2 Å². The number of hydrogen-bond acceptors (Lipinski definition) is 3. The highest BCUT2D eigenvalue weighted by molar-refractivity contribution is 9.10. The number of carbonyl (C=O) groups is 1. The minimum absolute atomic E-state index is 0.0985. The molecule has 1 aliphatic rings. The summed E-state index contributed by atoms with van der Waals surface area (Å²) in [5.74, 6) is -0.0718. The SMILES string of the molecule is CN1C(=O)C(Cc2cccnc2)c2cc(Br)c(N)cc21. The molecule has 0 bridgehead atoms. The van der Waals surface area contributed by atoms with Crippen molar-refractivity contribution in [2.24, 2.45) is 0 Å². The molecule has 0 fully saturated rings. The third-order valence-corrected chi connectivity index (χ3v) is 4.36. The molecule has 1 amide bonds. The Hall–Kier alpha value is -1.88. The van der Waals surface area contributed by atoms with Crippen LogP contribution in [0.2, 0.25) is 0 Å². The van der Waals surface area contributed by atoms with E-state index in [-0.39, 0.29) is 11.8 Å². The summed E-state index contributed by atoms with van der Waals surface area (Å²) in [4.78, 5) is 18.2. The van der Waals surface area contributed by atoms with Crippen molar-refractivity contribution in [3.63, 3.8) is 0 Å². The number of carbonyl (C=O) groups excluding carboxylic acids is 1. The maximum absolute atomic E-state index is 12.4. The largest absolute Gasteiger partial charge is 0.398 e. The van der Waals surface area contributed by atoms with Gasteiger partial charge in [-0.3, -0.25) is 9.78 Å². The van der Waals surface area contributed by atoms with Crippen LogP contribution < -0.4 is 10.6 Å². The lowest BCUT2D eigenvalue weighted by molar-refractivity contribution is -0.119. The van der Waals surface area contributed by atoms with Crippen molar-refractivity contribution in [1.29, 1.82) is 0 Å². The maximum Gasteiger partial charge on any atom is 0.234 e. The lowest BCUT2D eigenvalue weighted by Crippen LogP contribution is -2.24. The van der Waals surface area contributed by atoms with E-state index in [0.717, 1.165) is 21.3 Å². The molecule has 4 nitrogen and oxygen atoms in total. The van der Waals surface area contributed by atoms with E-state index in [0.29, 0.717) is 12.1 Å². The first kappa shape index (κ1) is 13.1. The van der Waals surface area contributed by atoms with Crippen LogP contribution >= 0.6 is 15.9 Å². The molecule has 20 heavy (non-hydrogen) atoms. The Bertz CT molecular complexity index is 672. The molecule has 3 rings (SSSR count). The molecular formula is C15H14BrN3O. The molecule has 1 aromatic heterocycles. The van der Waals surface area contributed by atoms with Gasteiger partial charge in [-0.15, -0.1) is 0 Å². The van der Waals surface area contributed by atoms with E-state index in [1.54, 1.807) is 24.3 Å². The second-order valence-corrected chi connectivity index (χ2v) is 5.80. The summed E-state index contributed by atoms with van der Waals surface area (Å²) in [6.07, 6.45) is 4.19. The lowest BCUT2D eigenvalue weighted by atomic mass is 9.94. The Kier molecular flexibility index (Phi) is 3.22. The van der Waals surface area contributed by atoms with Crippen LogP contribution in [0.1, 0.15) is 17.0 Å². The van der Waals surface area contributed by atoms with Crippen molar-refractivity contribution < 1.29 is 4.79 Å². The summed E-state index contributed by atoms with van der Waals surface area (Å²) in [7, 11) is 1.79. The summed E-state index contributed by atoms with van der Waals surface area (Å²) in [5, 5.41) is 0. The van der Waals surface area contributed by atoms with Gasteiger partial charge in [0.25, 0.3) is 0 Å². The fourth-order valence-electron chi connectivity index (χ4n) is 2.60. The Balaban J connectivity index is 2.02. The summed E-state index contributed by atoms with van der Waals surface area (Å²) in [6.45, 7) is 0. The third-order valence-electron chi connectivity index (χ3n) is 3.67. The normalized spacial score (nSPS) is 17.4. The van der Waals surface area contributed by atoms with Crippen LogP contribution in [0, 0.1) is 0 Å². The zero-order chi connectivity index (χ0) is 14.3. The molecule has 2 N–H and O–H groups in total. The number of rotatable bonds is 2. The average molecular weight is 332 g/mol. The second-order valence-electron chi connectivity index (χ2n) is 4.95. The smallest absolute Gasteiger partial charge is 0.234 e. The Labute approximate surface area is 125 Å². The molecule has 1 atom stereocenters. The highest BCUT2D eigenvalue weighted by Gasteiger charge is 2.35. The fourth-order valence-corrected chi connectivity index (χ4v) is 2.96. The Morgan fingerprint density at radius 2 is 2.25 bits per heavy atom. The quantitative estimate of drug-likeness (QED) is 0.861. The molecule has 0 saturated heterocycles. The van der Waals surface area contributed by atoms with E-state index < -0.39 is 0 Å². The number of amides is 1. The zero-order valence-electron chi connectivity index (χ0n) is 11.0. The Morgan fingerprint density at radius 3 is 2.95 bits per heavy atom. The van der Waals surface area contributed by atoms with Crippen LogP contribution in [-0.4, -0.2) is 17.9 Å². The van der Waals surface area contributed by atoms with Crippen LogP contribution in [0.25, 0.3) is 0 Å². The van der Waals surface area contributed by atoms with E-state index in [2.05, 4.69) is 20.9 Å².